The van der Waals surface area contributed by atoms with Gasteiger partial charge in [0.1, 0.15) is 5.75 Å². The van der Waals surface area contributed by atoms with Crippen molar-refractivity contribution in [2.45, 2.75) is 52.2 Å². The summed E-state index contributed by atoms with van der Waals surface area (Å²) in [6, 6.07) is 7.95. The summed E-state index contributed by atoms with van der Waals surface area (Å²) < 4.78 is 5.80. The molecule has 0 saturated carbocycles. The predicted molar refractivity (Wildman–Crippen MR) is 96.1 cm³/mol. The molecule has 23 heavy (non-hydrogen) atoms. The number of carbonyl (C=O) groups is 1. The van der Waals surface area contributed by atoms with Gasteiger partial charge >= 0.3 is 0 Å². The van der Waals surface area contributed by atoms with E-state index in [0.717, 1.165) is 37.2 Å². The zero-order valence-electron chi connectivity index (χ0n) is 14.3. The number of nitrogens with zero attached hydrogens (tertiary/aromatic N) is 1. The number of hydrogen-bond donors (Lipinski definition) is 1. The van der Waals surface area contributed by atoms with Gasteiger partial charge in [0.25, 0.3) is 0 Å². The number of halogens is 1. The molecule has 1 aliphatic rings. The molecular weight excluding hydrogens is 312 g/mol. The maximum Gasteiger partial charge on any atom is 0.227 e. The smallest absolute Gasteiger partial charge is 0.227 e. The quantitative estimate of drug-likeness (QED) is 0.896. The van der Waals surface area contributed by atoms with Crippen molar-refractivity contribution in [3.8, 4) is 5.75 Å². The van der Waals surface area contributed by atoms with E-state index in [4.69, 9.17) is 10.5 Å². The maximum absolute atomic E-state index is 12.6. The van der Waals surface area contributed by atoms with Crippen molar-refractivity contribution in [1.82, 2.24) is 4.90 Å². The molecule has 1 fully saturated rings. The van der Waals surface area contributed by atoms with Crippen LogP contribution in [-0.2, 0) is 11.2 Å². The van der Waals surface area contributed by atoms with Crippen molar-refractivity contribution in [3.05, 3.63) is 29.8 Å². The second kappa shape index (κ2) is 9.14. The van der Waals surface area contributed by atoms with E-state index in [1.807, 2.05) is 49.9 Å². The Hall–Kier alpha value is -1.26. The number of ether oxygens (including phenoxy) is 1. The van der Waals surface area contributed by atoms with Crippen LogP contribution in [0.2, 0.25) is 0 Å². The van der Waals surface area contributed by atoms with Crippen molar-refractivity contribution in [2.75, 3.05) is 13.1 Å². The molecule has 1 amide bonds. The highest BCUT2D eigenvalue weighted by Gasteiger charge is 2.26. The number of para-hydroxylation sites is 1. The van der Waals surface area contributed by atoms with Crippen LogP contribution in [0.5, 0.6) is 5.75 Å². The summed E-state index contributed by atoms with van der Waals surface area (Å²) in [6.07, 6.45) is 2.67. The Morgan fingerprint density at radius 1 is 1.35 bits per heavy atom. The summed E-state index contributed by atoms with van der Waals surface area (Å²) in [5.41, 5.74) is 6.97. The number of amides is 1. The van der Waals surface area contributed by atoms with Gasteiger partial charge in [-0.3, -0.25) is 4.79 Å². The van der Waals surface area contributed by atoms with Crippen LogP contribution in [0, 0.1) is 5.92 Å². The lowest BCUT2D eigenvalue weighted by atomic mass is 9.92. The molecule has 2 unspecified atom stereocenters. The van der Waals surface area contributed by atoms with Gasteiger partial charge in [0.2, 0.25) is 5.91 Å². The summed E-state index contributed by atoms with van der Waals surface area (Å²) in [4.78, 5) is 14.6. The fraction of sp³-hybridized carbons (Fsp3) is 0.611. The maximum atomic E-state index is 12.6. The van der Waals surface area contributed by atoms with E-state index in [1.54, 1.807) is 0 Å². The van der Waals surface area contributed by atoms with Gasteiger partial charge in [0.05, 0.1) is 12.5 Å². The first kappa shape index (κ1) is 19.8. The molecule has 1 saturated heterocycles. The summed E-state index contributed by atoms with van der Waals surface area (Å²) in [5, 5.41) is 0. The van der Waals surface area contributed by atoms with E-state index in [9.17, 15) is 4.79 Å². The van der Waals surface area contributed by atoms with Gasteiger partial charge in [0.15, 0.2) is 0 Å². The second-order valence-corrected chi connectivity index (χ2v) is 6.55. The zero-order chi connectivity index (χ0) is 16.1. The molecule has 0 spiro atoms. The third-order valence-corrected chi connectivity index (χ3v) is 4.23. The molecule has 2 atom stereocenters. The standard InChI is InChI=1S/C18H28N2O2.ClH/c1-13(2)22-17-9-5-4-7-15(17)11-18(21)20-10-6-8-16(12-20)14(3)19;/h4-5,7,9,13-14,16H,6,8,10-12,19H2,1-3H3;1H. The first-order valence-corrected chi connectivity index (χ1v) is 8.25. The molecule has 130 valence electrons. The number of likely N-dealkylation sites (tertiary alicyclic amines) is 1. The third kappa shape index (κ3) is 5.70. The molecule has 0 aliphatic carbocycles. The Bertz CT molecular complexity index is 506. The van der Waals surface area contributed by atoms with E-state index < -0.39 is 0 Å². The van der Waals surface area contributed by atoms with Crippen molar-refractivity contribution in [3.63, 3.8) is 0 Å². The van der Waals surface area contributed by atoms with Crippen LogP contribution >= 0.6 is 12.4 Å². The number of piperidine rings is 1. The minimum absolute atomic E-state index is 0. The summed E-state index contributed by atoms with van der Waals surface area (Å²) in [5.74, 6) is 1.40. The zero-order valence-corrected chi connectivity index (χ0v) is 15.1. The minimum atomic E-state index is 0. The van der Waals surface area contributed by atoms with Gasteiger partial charge in [-0.1, -0.05) is 18.2 Å². The lowest BCUT2D eigenvalue weighted by Crippen LogP contribution is -2.45. The topological polar surface area (TPSA) is 55.6 Å². The highest BCUT2D eigenvalue weighted by molar-refractivity contribution is 5.85. The fourth-order valence-corrected chi connectivity index (χ4v) is 2.96. The van der Waals surface area contributed by atoms with E-state index in [0.29, 0.717) is 12.3 Å². The Labute approximate surface area is 145 Å². The monoisotopic (exact) mass is 340 g/mol. The molecule has 1 heterocycles. The molecule has 4 nitrogen and oxygen atoms in total. The average Bonchev–Trinajstić information content (AvgIpc) is 2.49. The summed E-state index contributed by atoms with van der Waals surface area (Å²) >= 11 is 0. The Balaban J connectivity index is 0.00000264. The van der Waals surface area contributed by atoms with E-state index in [-0.39, 0.29) is 30.5 Å². The molecule has 2 rings (SSSR count). The van der Waals surface area contributed by atoms with Gasteiger partial charge in [-0.15, -0.1) is 12.4 Å². The lowest BCUT2D eigenvalue weighted by Gasteiger charge is -2.34. The molecule has 2 N–H and O–H groups in total. The first-order chi connectivity index (χ1) is 10.5. The van der Waals surface area contributed by atoms with Crippen molar-refractivity contribution in [2.24, 2.45) is 11.7 Å². The largest absolute Gasteiger partial charge is 0.491 e. The molecule has 0 bridgehead atoms. The van der Waals surface area contributed by atoms with E-state index in [1.165, 1.54) is 0 Å². The normalized spacial score (nSPS) is 19.2. The number of rotatable bonds is 5. The Morgan fingerprint density at radius 2 is 2.04 bits per heavy atom. The molecule has 0 aromatic heterocycles. The summed E-state index contributed by atoms with van der Waals surface area (Å²) in [6.45, 7) is 7.65. The molecular formula is C18H29ClN2O2. The van der Waals surface area contributed by atoms with Crippen LogP contribution < -0.4 is 10.5 Å². The molecule has 0 radical (unpaired) electrons. The lowest BCUT2D eigenvalue weighted by molar-refractivity contribution is -0.132. The Morgan fingerprint density at radius 3 is 2.70 bits per heavy atom. The molecule has 5 heteroatoms. The van der Waals surface area contributed by atoms with E-state index >= 15 is 0 Å². The molecule has 1 aliphatic heterocycles. The highest BCUT2D eigenvalue weighted by atomic mass is 35.5. The van der Waals surface area contributed by atoms with Crippen LogP contribution in [0.25, 0.3) is 0 Å². The minimum Gasteiger partial charge on any atom is -0.491 e. The Kier molecular flexibility index (Phi) is 7.86. The van der Waals surface area contributed by atoms with Crippen molar-refractivity contribution < 1.29 is 9.53 Å². The fourth-order valence-electron chi connectivity index (χ4n) is 2.96. The van der Waals surface area contributed by atoms with Crippen molar-refractivity contribution in [1.29, 1.82) is 0 Å². The number of hydrogen-bond acceptors (Lipinski definition) is 3. The third-order valence-electron chi connectivity index (χ3n) is 4.23. The molecule has 1 aromatic rings. The number of nitrogens with two attached hydrogens (primary N) is 1. The van der Waals surface area contributed by atoms with Gasteiger partial charge in [-0.25, -0.2) is 0 Å². The highest BCUT2D eigenvalue weighted by Crippen LogP contribution is 2.23. The van der Waals surface area contributed by atoms with Crippen LogP contribution in [-0.4, -0.2) is 36.0 Å². The SMILES string of the molecule is CC(C)Oc1ccccc1CC(=O)N1CCCC(C(C)N)C1.Cl. The van der Waals surface area contributed by atoms with Gasteiger partial charge in [-0.2, -0.15) is 0 Å². The predicted octanol–water partition coefficient (Wildman–Crippen LogP) is 3.02. The van der Waals surface area contributed by atoms with E-state index in [2.05, 4.69) is 0 Å². The summed E-state index contributed by atoms with van der Waals surface area (Å²) in [7, 11) is 0. The van der Waals surface area contributed by atoms with Gasteiger partial charge in [-0.05, 0) is 45.6 Å². The van der Waals surface area contributed by atoms with Crippen LogP contribution in [0.4, 0.5) is 0 Å². The average molecular weight is 341 g/mol. The van der Waals surface area contributed by atoms with Crippen molar-refractivity contribution >= 4 is 18.3 Å². The van der Waals surface area contributed by atoms with Crippen LogP contribution in [0.15, 0.2) is 24.3 Å². The van der Waals surface area contributed by atoms with Gasteiger partial charge in [0, 0.05) is 24.7 Å². The number of carbonyl (C=O) groups excluding carboxylic acids is 1. The van der Waals surface area contributed by atoms with Crippen LogP contribution in [0.1, 0.15) is 39.2 Å². The first-order valence-electron chi connectivity index (χ1n) is 8.25. The number of benzene rings is 1. The molecule has 1 aromatic carbocycles. The van der Waals surface area contributed by atoms with Crippen LogP contribution in [0.3, 0.4) is 0 Å². The van der Waals surface area contributed by atoms with Gasteiger partial charge < -0.3 is 15.4 Å². The second-order valence-electron chi connectivity index (χ2n) is 6.55.